The van der Waals surface area contributed by atoms with Crippen LogP contribution in [0.1, 0.15) is 37.4 Å². The van der Waals surface area contributed by atoms with Gasteiger partial charge in [0.05, 0.1) is 30.0 Å². The first-order chi connectivity index (χ1) is 14.4. The third-order valence-electron chi connectivity index (χ3n) is 4.77. The van der Waals surface area contributed by atoms with E-state index in [0.29, 0.717) is 24.0 Å². The van der Waals surface area contributed by atoms with Crippen LogP contribution < -0.4 is 9.47 Å². The highest BCUT2D eigenvalue weighted by Crippen LogP contribution is 2.30. The third kappa shape index (κ3) is 5.19. The summed E-state index contributed by atoms with van der Waals surface area (Å²) in [4.78, 5) is 19.1. The smallest absolute Gasteiger partial charge is 0.246 e. The Morgan fingerprint density at radius 3 is 2.63 bits per heavy atom. The molecule has 0 aliphatic carbocycles. The molecule has 30 heavy (non-hydrogen) atoms. The second-order valence-electron chi connectivity index (χ2n) is 7.59. The minimum Gasteiger partial charge on any atom is -0.493 e. The molecule has 1 heterocycles. The first-order valence-electron chi connectivity index (χ1n) is 10.00. The number of carbonyl (C=O) groups is 1. The number of amides is 1. The second kappa shape index (κ2) is 9.76. The molecule has 0 radical (unpaired) electrons. The van der Waals surface area contributed by atoms with E-state index in [1.165, 1.54) is 0 Å². The average molecular weight is 425 g/mol. The van der Waals surface area contributed by atoms with Gasteiger partial charge in [-0.25, -0.2) is 4.98 Å². The van der Waals surface area contributed by atoms with Crippen molar-refractivity contribution in [3.05, 3.63) is 59.1 Å². The summed E-state index contributed by atoms with van der Waals surface area (Å²) in [5.74, 6) is 1.71. The Hall–Kier alpha value is -2.86. The lowest BCUT2D eigenvalue weighted by Gasteiger charge is -2.21. The minimum atomic E-state index is -0.110. The molecule has 1 atom stereocenters. The molecule has 158 valence electrons. The highest BCUT2D eigenvalue weighted by Gasteiger charge is 2.19. The highest BCUT2D eigenvalue weighted by molar-refractivity contribution is 7.18. The standard InChI is InChI=1S/C24H28N2O3S/c1-16(2)15-29-20-12-10-18(14-21(20)28-5)11-13-23(27)26(4)17(3)24-25-19-8-6-7-9-22(19)30-24/h6-14,16-17H,15H2,1-5H3/b13-11+/t17-/m1/s1. The van der Waals surface area contributed by atoms with Crippen molar-refractivity contribution in [2.45, 2.75) is 26.8 Å². The van der Waals surface area contributed by atoms with Gasteiger partial charge in [0, 0.05) is 13.1 Å². The molecule has 0 unspecified atom stereocenters. The van der Waals surface area contributed by atoms with Gasteiger partial charge in [0.1, 0.15) is 5.01 Å². The maximum absolute atomic E-state index is 12.7. The molecule has 6 heteroatoms. The summed E-state index contributed by atoms with van der Waals surface area (Å²) in [7, 11) is 3.41. The SMILES string of the molecule is COc1cc(/C=C/C(=O)N(C)[C@H](C)c2nc3ccccc3s2)ccc1OCC(C)C. The van der Waals surface area contributed by atoms with Crippen LogP contribution in [-0.4, -0.2) is 36.6 Å². The molecular formula is C24H28N2O3S. The van der Waals surface area contributed by atoms with Gasteiger partial charge >= 0.3 is 0 Å². The Morgan fingerprint density at radius 1 is 1.17 bits per heavy atom. The van der Waals surface area contributed by atoms with E-state index < -0.39 is 0 Å². The molecular weight excluding hydrogens is 396 g/mol. The molecule has 0 N–H and O–H groups in total. The van der Waals surface area contributed by atoms with Crippen molar-refractivity contribution in [2.24, 2.45) is 5.92 Å². The molecule has 0 saturated carbocycles. The van der Waals surface area contributed by atoms with Gasteiger partial charge in [0.15, 0.2) is 11.5 Å². The predicted molar refractivity (Wildman–Crippen MR) is 123 cm³/mol. The Morgan fingerprint density at radius 2 is 1.93 bits per heavy atom. The average Bonchev–Trinajstić information content (AvgIpc) is 3.19. The Labute approximate surface area is 182 Å². The van der Waals surface area contributed by atoms with Crippen LogP contribution in [0.3, 0.4) is 0 Å². The zero-order valence-electron chi connectivity index (χ0n) is 18.1. The van der Waals surface area contributed by atoms with Gasteiger partial charge in [-0.3, -0.25) is 4.79 Å². The number of ether oxygens (including phenoxy) is 2. The van der Waals surface area contributed by atoms with Crippen LogP contribution in [0.15, 0.2) is 48.5 Å². The molecule has 2 aromatic carbocycles. The first-order valence-corrected chi connectivity index (χ1v) is 10.8. The molecule has 0 spiro atoms. The van der Waals surface area contributed by atoms with Gasteiger partial charge in [0.2, 0.25) is 5.91 Å². The zero-order chi connectivity index (χ0) is 21.7. The molecule has 1 amide bonds. The predicted octanol–water partition coefficient (Wildman–Crippen LogP) is 5.57. The topological polar surface area (TPSA) is 51.7 Å². The van der Waals surface area contributed by atoms with E-state index in [1.54, 1.807) is 42.5 Å². The number of thiazole rings is 1. The molecule has 0 aliphatic rings. The number of hydrogen-bond acceptors (Lipinski definition) is 5. The van der Waals surface area contributed by atoms with Crippen molar-refractivity contribution < 1.29 is 14.3 Å². The molecule has 0 saturated heterocycles. The maximum atomic E-state index is 12.7. The van der Waals surface area contributed by atoms with Gasteiger partial charge in [-0.05, 0) is 48.7 Å². The Kier molecular flexibility index (Phi) is 7.11. The number of para-hydroxylation sites is 1. The molecule has 5 nitrogen and oxygen atoms in total. The number of likely N-dealkylation sites (N-methyl/N-ethyl adjacent to an activating group) is 1. The van der Waals surface area contributed by atoms with Crippen LogP contribution in [0.5, 0.6) is 11.5 Å². The van der Waals surface area contributed by atoms with E-state index in [1.807, 2.05) is 49.4 Å². The van der Waals surface area contributed by atoms with Crippen molar-refractivity contribution in [1.29, 1.82) is 0 Å². The van der Waals surface area contributed by atoms with Crippen molar-refractivity contribution in [3.63, 3.8) is 0 Å². The van der Waals surface area contributed by atoms with Crippen molar-refractivity contribution in [2.75, 3.05) is 20.8 Å². The van der Waals surface area contributed by atoms with Gasteiger partial charge in [-0.1, -0.05) is 32.0 Å². The van der Waals surface area contributed by atoms with Crippen molar-refractivity contribution >= 4 is 33.5 Å². The van der Waals surface area contributed by atoms with Crippen LogP contribution in [-0.2, 0) is 4.79 Å². The number of rotatable bonds is 8. The minimum absolute atomic E-state index is 0.0825. The highest BCUT2D eigenvalue weighted by atomic mass is 32.1. The summed E-state index contributed by atoms with van der Waals surface area (Å²) in [5, 5.41) is 0.925. The maximum Gasteiger partial charge on any atom is 0.246 e. The largest absolute Gasteiger partial charge is 0.493 e. The lowest BCUT2D eigenvalue weighted by Crippen LogP contribution is -2.27. The summed E-state index contributed by atoms with van der Waals surface area (Å²) in [6.45, 7) is 6.81. The summed E-state index contributed by atoms with van der Waals surface area (Å²) in [5.41, 5.74) is 1.84. The Bertz CT molecular complexity index is 1010. The van der Waals surface area contributed by atoms with Crippen molar-refractivity contribution in [3.8, 4) is 11.5 Å². The number of hydrogen-bond donors (Lipinski definition) is 0. The lowest BCUT2D eigenvalue weighted by atomic mass is 10.1. The van der Waals surface area contributed by atoms with E-state index in [4.69, 9.17) is 9.47 Å². The van der Waals surface area contributed by atoms with Crippen LogP contribution >= 0.6 is 11.3 Å². The van der Waals surface area contributed by atoms with E-state index in [9.17, 15) is 4.79 Å². The number of methoxy groups -OCH3 is 1. The fourth-order valence-electron chi connectivity index (χ4n) is 2.87. The lowest BCUT2D eigenvalue weighted by molar-refractivity contribution is -0.126. The molecule has 1 aromatic heterocycles. The second-order valence-corrected chi connectivity index (χ2v) is 8.66. The third-order valence-corrected chi connectivity index (χ3v) is 5.98. The fraction of sp³-hybridized carbons (Fsp3) is 0.333. The van der Waals surface area contributed by atoms with E-state index >= 15 is 0 Å². The zero-order valence-corrected chi connectivity index (χ0v) is 18.9. The molecule has 0 bridgehead atoms. The van der Waals surface area contributed by atoms with Crippen LogP contribution in [0.4, 0.5) is 0 Å². The number of carbonyl (C=O) groups excluding carboxylic acids is 1. The number of fused-ring (bicyclic) bond motifs is 1. The van der Waals surface area contributed by atoms with Gasteiger partial charge in [0.25, 0.3) is 0 Å². The molecule has 3 aromatic rings. The first kappa shape index (κ1) is 21.8. The normalized spacial score (nSPS) is 12.5. The number of benzene rings is 2. The van der Waals surface area contributed by atoms with Crippen LogP contribution in [0.25, 0.3) is 16.3 Å². The fourth-order valence-corrected chi connectivity index (χ4v) is 3.94. The molecule has 0 fully saturated rings. The monoisotopic (exact) mass is 424 g/mol. The van der Waals surface area contributed by atoms with Gasteiger partial charge < -0.3 is 14.4 Å². The van der Waals surface area contributed by atoms with Crippen molar-refractivity contribution in [1.82, 2.24) is 9.88 Å². The summed E-state index contributed by atoms with van der Waals surface area (Å²) >= 11 is 1.62. The van der Waals surface area contributed by atoms with Crippen LogP contribution in [0, 0.1) is 5.92 Å². The van der Waals surface area contributed by atoms with E-state index in [-0.39, 0.29) is 11.9 Å². The molecule has 3 rings (SSSR count). The van der Waals surface area contributed by atoms with Gasteiger partial charge in [-0.2, -0.15) is 0 Å². The van der Waals surface area contributed by atoms with Gasteiger partial charge in [-0.15, -0.1) is 11.3 Å². The number of aromatic nitrogens is 1. The quantitative estimate of drug-likeness (QED) is 0.444. The summed E-state index contributed by atoms with van der Waals surface area (Å²) < 4.78 is 12.3. The van der Waals surface area contributed by atoms with E-state index in [0.717, 1.165) is 20.8 Å². The number of nitrogens with zero attached hydrogens (tertiary/aromatic N) is 2. The van der Waals surface area contributed by atoms with Crippen LogP contribution in [0.2, 0.25) is 0 Å². The van der Waals surface area contributed by atoms with E-state index in [2.05, 4.69) is 18.8 Å². The summed E-state index contributed by atoms with van der Waals surface area (Å²) in [6.07, 6.45) is 3.37. The Balaban J connectivity index is 1.69. The summed E-state index contributed by atoms with van der Waals surface area (Å²) in [6, 6.07) is 13.6. The molecule has 0 aliphatic heterocycles.